The topological polar surface area (TPSA) is 30.0 Å². The Morgan fingerprint density at radius 1 is 1.22 bits per heavy atom. The molecule has 0 aliphatic carbocycles. The van der Waals surface area contributed by atoms with Crippen molar-refractivity contribution in [2.75, 3.05) is 0 Å². The highest BCUT2D eigenvalue weighted by Gasteiger charge is 2.12. The van der Waals surface area contributed by atoms with E-state index in [0.717, 1.165) is 17.7 Å². The van der Waals surface area contributed by atoms with E-state index in [4.69, 9.17) is 0 Å². The van der Waals surface area contributed by atoms with Crippen LogP contribution in [0.25, 0.3) is 0 Å². The Morgan fingerprint density at radius 3 is 2.67 bits per heavy atom. The summed E-state index contributed by atoms with van der Waals surface area (Å²) in [6.45, 7) is 2.07. The monoisotopic (exact) mass is 257 g/mol. The molecule has 0 N–H and O–H groups in total. The molecule has 2 nitrogen and oxygen atoms in total. The third kappa shape index (κ3) is 3.44. The van der Waals surface area contributed by atoms with Gasteiger partial charge in [-0.05, 0) is 36.6 Å². The molecule has 1 atom stereocenters. The Kier molecular flexibility index (Phi) is 4.53. The number of pyridine rings is 1. The van der Waals surface area contributed by atoms with Crippen molar-refractivity contribution in [1.82, 2.24) is 4.98 Å². The standard InChI is InChI=1S/C15H15NOS/c1-12-6-2-3-7-13(12)10-14(11-17)18-15-8-4-5-9-16-15/h2-9,11,14H,10H2,1H3. The summed E-state index contributed by atoms with van der Waals surface area (Å²) >= 11 is 1.51. The van der Waals surface area contributed by atoms with Gasteiger partial charge in [0.15, 0.2) is 0 Å². The molecule has 0 aliphatic rings. The summed E-state index contributed by atoms with van der Waals surface area (Å²) in [5.74, 6) is 0. The van der Waals surface area contributed by atoms with Crippen molar-refractivity contribution >= 4 is 18.0 Å². The summed E-state index contributed by atoms with van der Waals surface area (Å²) in [7, 11) is 0. The second-order valence-corrected chi connectivity index (χ2v) is 5.35. The van der Waals surface area contributed by atoms with Gasteiger partial charge in [0.2, 0.25) is 0 Å². The van der Waals surface area contributed by atoms with Gasteiger partial charge in [-0.15, -0.1) is 0 Å². The van der Waals surface area contributed by atoms with Crippen LogP contribution in [0.1, 0.15) is 11.1 Å². The van der Waals surface area contributed by atoms with Crippen molar-refractivity contribution in [1.29, 1.82) is 0 Å². The van der Waals surface area contributed by atoms with Crippen molar-refractivity contribution in [3.05, 3.63) is 59.8 Å². The Labute approximate surface area is 111 Å². The second-order valence-electron chi connectivity index (χ2n) is 4.09. The number of benzene rings is 1. The molecule has 0 amide bonds. The van der Waals surface area contributed by atoms with Crippen LogP contribution in [0.5, 0.6) is 0 Å². The Balaban J connectivity index is 2.07. The van der Waals surface area contributed by atoms with Gasteiger partial charge < -0.3 is 4.79 Å². The molecular formula is C15H15NOS. The van der Waals surface area contributed by atoms with Crippen LogP contribution in [-0.4, -0.2) is 16.5 Å². The van der Waals surface area contributed by atoms with Crippen LogP contribution >= 0.6 is 11.8 Å². The van der Waals surface area contributed by atoms with Gasteiger partial charge in [0, 0.05) is 6.20 Å². The van der Waals surface area contributed by atoms with Crippen molar-refractivity contribution in [3.63, 3.8) is 0 Å². The predicted molar refractivity (Wildman–Crippen MR) is 74.8 cm³/mol. The third-order valence-corrected chi connectivity index (χ3v) is 3.81. The molecule has 0 bridgehead atoms. The fourth-order valence-corrected chi connectivity index (χ4v) is 2.65. The molecule has 1 aromatic carbocycles. The highest BCUT2D eigenvalue weighted by Crippen LogP contribution is 2.23. The highest BCUT2D eigenvalue weighted by atomic mass is 32.2. The minimum Gasteiger partial charge on any atom is -0.302 e. The van der Waals surface area contributed by atoms with Crippen LogP contribution < -0.4 is 0 Å². The average molecular weight is 257 g/mol. The lowest BCUT2D eigenvalue weighted by Gasteiger charge is -2.11. The largest absolute Gasteiger partial charge is 0.302 e. The summed E-state index contributed by atoms with van der Waals surface area (Å²) in [6.07, 6.45) is 3.50. The smallest absolute Gasteiger partial charge is 0.133 e. The molecule has 0 saturated carbocycles. The molecule has 92 valence electrons. The van der Waals surface area contributed by atoms with E-state index in [1.54, 1.807) is 6.20 Å². The quantitative estimate of drug-likeness (QED) is 0.608. The first-order chi connectivity index (χ1) is 8.79. The lowest BCUT2D eigenvalue weighted by atomic mass is 10.0. The van der Waals surface area contributed by atoms with Crippen LogP contribution in [0.2, 0.25) is 0 Å². The van der Waals surface area contributed by atoms with Gasteiger partial charge in [-0.1, -0.05) is 42.1 Å². The number of carbonyl (C=O) groups is 1. The minimum atomic E-state index is -0.0824. The maximum atomic E-state index is 11.2. The molecule has 1 heterocycles. The minimum absolute atomic E-state index is 0.0824. The number of rotatable bonds is 5. The first-order valence-electron chi connectivity index (χ1n) is 5.87. The van der Waals surface area contributed by atoms with Crippen molar-refractivity contribution in [2.24, 2.45) is 0 Å². The fraction of sp³-hybridized carbons (Fsp3) is 0.200. The van der Waals surface area contributed by atoms with Gasteiger partial charge >= 0.3 is 0 Å². The number of nitrogens with zero attached hydrogens (tertiary/aromatic N) is 1. The number of aryl methyl sites for hydroxylation is 1. The Hall–Kier alpha value is -1.61. The van der Waals surface area contributed by atoms with Crippen molar-refractivity contribution in [3.8, 4) is 0 Å². The fourth-order valence-electron chi connectivity index (χ4n) is 1.75. The summed E-state index contributed by atoms with van der Waals surface area (Å²) in [5, 5.41) is 0.809. The average Bonchev–Trinajstić information content (AvgIpc) is 2.41. The van der Waals surface area contributed by atoms with E-state index in [1.165, 1.54) is 22.9 Å². The number of hydrogen-bond acceptors (Lipinski definition) is 3. The van der Waals surface area contributed by atoms with Gasteiger partial charge in [-0.2, -0.15) is 0 Å². The zero-order valence-corrected chi connectivity index (χ0v) is 11.1. The van der Waals surface area contributed by atoms with E-state index in [1.807, 2.05) is 30.3 Å². The van der Waals surface area contributed by atoms with Gasteiger partial charge in [0.05, 0.1) is 10.3 Å². The van der Waals surface area contributed by atoms with Crippen LogP contribution in [0, 0.1) is 6.92 Å². The lowest BCUT2D eigenvalue weighted by Crippen LogP contribution is -2.09. The maximum Gasteiger partial charge on any atom is 0.133 e. The van der Waals surface area contributed by atoms with Gasteiger partial charge in [-0.3, -0.25) is 0 Å². The first-order valence-corrected chi connectivity index (χ1v) is 6.75. The van der Waals surface area contributed by atoms with E-state index in [2.05, 4.69) is 24.0 Å². The number of hydrogen-bond donors (Lipinski definition) is 0. The number of carbonyl (C=O) groups excluding carboxylic acids is 1. The number of aromatic nitrogens is 1. The maximum absolute atomic E-state index is 11.2. The molecule has 3 heteroatoms. The molecule has 0 saturated heterocycles. The van der Waals surface area contributed by atoms with Gasteiger partial charge in [0.1, 0.15) is 6.29 Å². The van der Waals surface area contributed by atoms with Crippen LogP contribution in [-0.2, 0) is 11.2 Å². The molecule has 18 heavy (non-hydrogen) atoms. The highest BCUT2D eigenvalue weighted by molar-refractivity contribution is 8.00. The van der Waals surface area contributed by atoms with E-state index in [0.29, 0.717) is 0 Å². The van der Waals surface area contributed by atoms with Gasteiger partial charge in [-0.25, -0.2) is 4.98 Å². The molecule has 2 rings (SSSR count). The van der Waals surface area contributed by atoms with E-state index in [-0.39, 0.29) is 5.25 Å². The Morgan fingerprint density at radius 2 is 2.00 bits per heavy atom. The molecule has 0 radical (unpaired) electrons. The zero-order chi connectivity index (χ0) is 12.8. The first kappa shape index (κ1) is 12.8. The third-order valence-electron chi connectivity index (χ3n) is 2.74. The number of thioether (sulfide) groups is 1. The van der Waals surface area contributed by atoms with Crippen molar-refractivity contribution in [2.45, 2.75) is 23.6 Å². The molecular weight excluding hydrogens is 242 g/mol. The van der Waals surface area contributed by atoms with E-state index in [9.17, 15) is 4.79 Å². The van der Waals surface area contributed by atoms with Crippen LogP contribution in [0.3, 0.4) is 0 Å². The van der Waals surface area contributed by atoms with Crippen LogP contribution in [0.4, 0.5) is 0 Å². The SMILES string of the molecule is Cc1ccccc1CC(C=O)Sc1ccccn1. The summed E-state index contributed by atoms with van der Waals surface area (Å²) < 4.78 is 0. The zero-order valence-electron chi connectivity index (χ0n) is 10.2. The predicted octanol–water partition coefficient (Wildman–Crippen LogP) is 3.29. The molecule has 0 fully saturated rings. The molecule has 0 aliphatic heterocycles. The normalized spacial score (nSPS) is 12.1. The summed E-state index contributed by atoms with van der Waals surface area (Å²) in [5.41, 5.74) is 2.45. The number of aldehydes is 1. The molecule has 1 aromatic heterocycles. The lowest BCUT2D eigenvalue weighted by molar-refractivity contribution is -0.107. The van der Waals surface area contributed by atoms with E-state index < -0.39 is 0 Å². The van der Waals surface area contributed by atoms with Crippen LogP contribution in [0.15, 0.2) is 53.7 Å². The van der Waals surface area contributed by atoms with E-state index >= 15 is 0 Å². The second kappa shape index (κ2) is 6.36. The summed E-state index contributed by atoms with van der Waals surface area (Å²) in [6, 6.07) is 13.9. The van der Waals surface area contributed by atoms with Crippen molar-refractivity contribution < 1.29 is 4.79 Å². The Bertz CT molecular complexity index is 513. The molecule has 0 spiro atoms. The van der Waals surface area contributed by atoms with Gasteiger partial charge in [0.25, 0.3) is 0 Å². The molecule has 1 unspecified atom stereocenters. The molecule has 2 aromatic rings. The summed E-state index contributed by atoms with van der Waals surface area (Å²) in [4.78, 5) is 15.4.